The fourth-order valence-electron chi connectivity index (χ4n) is 5.44. The van der Waals surface area contributed by atoms with Gasteiger partial charge in [0.15, 0.2) is 17.5 Å². The Morgan fingerprint density at radius 1 is 1.14 bits per heavy atom. The predicted octanol–water partition coefficient (Wildman–Crippen LogP) is 3.72. The molecule has 0 spiro atoms. The third kappa shape index (κ3) is 4.17. The molecule has 2 saturated heterocycles. The molecule has 3 fully saturated rings. The third-order valence-electron chi connectivity index (χ3n) is 7.04. The number of benzene rings is 1. The normalized spacial score (nSPS) is 29.4. The van der Waals surface area contributed by atoms with Crippen LogP contribution < -0.4 is 20.1 Å². The molecule has 3 aliphatic heterocycles. The zero-order valence-electron chi connectivity index (χ0n) is 17.1. The second kappa shape index (κ2) is 8.88. The summed E-state index contributed by atoms with van der Waals surface area (Å²) in [4.78, 5) is 4.50. The van der Waals surface area contributed by atoms with Crippen LogP contribution in [-0.4, -0.2) is 44.6 Å². The summed E-state index contributed by atoms with van der Waals surface area (Å²) < 4.78 is 17.1. The fraction of sp³-hybridized carbons (Fsp3) is 0.682. The Kier molecular flexibility index (Phi) is 6.44. The smallest absolute Gasteiger partial charge is 0.231 e. The lowest BCUT2D eigenvalue weighted by Gasteiger charge is -2.39. The molecule has 2 bridgehead atoms. The zero-order chi connectivity index (χ0) is 19.0. The van der Waals surface area contributed by atoms with Crippen molar-refractivity contribution < 1.29 is 14.2 Å². The summed E-state index contributed by atoms with van der Waals surface area (Å²) in [6.45, 7) is 1.21. The minimum absolute atomic E-state index is 0. The van der Waals surface area contributed by atoms with E-state index in [4.69, 9.17) is 14.2 Å². The molecule has 0 amide bonds. The van der Waals surface area contributed by atoms with Gasteiger partial charge in [-0.1, -0.05) is 25.3 Å². The van der Waals surface area contributed by atoms with E-state index in [-0.39, 0.29) is 29.4 Å². The maximum absolute atomic E-state index is 5.99. The van der Waals surface area contributed by atoms with Crippen LogP contribution in [0, 0.1) is 0 Å². The minimum atomic E-state index is 0. The highest BCUT2D eigenvalue weighted by Gasteiger charge is 2.41. The number of fused-ring (bicyclic) bond motifs is 3. The molecule has 1 aliphatic carbocycles. The number of hydrogen-bond donors (Lipinski definition) is 2. The quantitative estimate of drug-likeness (QED) is 0.365. The summed E-state index contributed by atoms with van der Waals surface area (Å²) in [6, 6.07) is 6.86. The van der Waals surface area contributed by atoms with Crippen LogP contribution in [0.3, 0.4) is 0 Å². The fourth-order valence-corrected chi connectivity index (χ4v) is 5.44. The molecule has 3 atom stereocenters. The molecule has 0 aromatic heterocycles. The van der Waals surface area contributed by atoms with E-state index in [1.165, 1.54) is 50.5 Å². The van der Waals surface area contributed by atoms with Crippen molar-refractivity contribution in [1.82, 2.24) is 10.6 Å². The third-order valence-corrected chi connectivity index (χ3v) is 7.04. The molecule has 6 nitrogen and oxygen atoms in total. The van der Waals surface area contributed by atoms with E-state index >= 15 is 0 Å². The van der Waals surface area contributed by atoms with Gasteiger partial charge in [-0.3, -0.25) is 4.99 Å². The minimum Gasteiger partial charge on any atom is -0.454 e. The van der Waals surface area contributed by atoms with Crippen molar-refractivity contribution in [1.29, 1.82) is 0 Å². The first-order chi connectivity index (χ1) is 13.8. The van der Waals surface area contributed by atoms with E-state index in [1.54, 1.807) is 0 Å². The molecular weight excluding hydrogens is 481 g/mol. The van der Waals surface area contributed by atoms with Gasteiger partial charge in [-0.15, -0.1) is 24.0 Å². The van der Waals surface area contributed by atoms with Crippen molar-refractivity contribution in [3.8, 4) is 11.5 Å². The number of nitrogens with zero attached hydrogens (tertiary/aromatic N) is 1. The number of ether oxygens (including phenoxy) is 3. The van der Waals surface area contributed by atoms with Crippen molar-refractivity contribution in [2.75, 3.05) is 20.4 Å². The molecule has 29 heavy (non-hydrogen) atoms. The van der Waals surface area contributed by atoms with Gasteiger partial charge in [-0.05, 0) is 49.8 Å². The number of nitrogens with one attached hydrogen (secondary N) is 2. The van der Waals surface area contributed by atoms with Gasteiger partial charge in [0.25, 0.3) is 0 Å². The SMILES string of the molecule is CN=C(NCC1(c2ccc3c(c2)OCO3)CCCCC1)NC1CC2CCC1O2.I. The average Bonchev–Trinajstić information content (AvgIpc) is 3.48. The van der Waals surface area contributed by atoms with E-state index in [0.717, 1.165) is 30.4 Å². The van der Waals surface area contributed by atoms with Gasteiger partial charge in [0.05, 0.1) is 18.2 Å². The molecule has 160 valence electrons. The lowest BCUT2D eigenvalue weighted by Crippen LogP contribution is -2.51. The van der Waals surface area contributed by atoms with Crippen molar-refractivity contribution in [3.05, 3.63) is 23.8 Å². The molecule has 5 rings (SSSR count). The van der Waals surface area contributed by atoms with Crippen LogP contribution in [-0.2, 0) is 10.2 Å². The standard InChI is InChI=1S/C22H31N3O3.HI/c1-23-21(25-17-12-16-6-8-18(17)28-16)24-13-22(9-3-2-4-10-22)15-5-7-19-20(11-15)27-14-26-19;/h5,7,11,16-18H,2-4,6,8-10,12-14H2,1H3,(H2,23,24,25);1H. The highest BCUT2D eigenvalue weighted by Crippen LogP contribution is 2.43. The summed E-state index contributed by atoms with van der Waals surface area (Å²) in [7, 11) is 1.86. The predicted molar refractivity (Wildman–Crippen MR) is 124 cm³/mol. The summed E-state index contributed by atoms with van der Waals surface area (Å²) in [5.74, 6) is 2.63. The van der Waals surface area contributed by atoms with Gasteiger partial charge >= 0.3 is 0 Å². The van der Waals surface area contributed by atoms with Crippen molar-refractivity contribution in [2.45, 2.75) is 75.0 Å². The Labute approximate surface area is 190 Å². The Hall–Kier alpha value is -1.22. The highest BCUT2D eigenvalue weighted by molar-refractivity contribution is 14.0. The lowest BCUT2D eigenvalue weighted by molar-refractivity contribution is 0.0992. The molecule has 1 saturated carbocycles. The Morgan fingerprint density at radius 3 is 2.69 bits per heavy atom. The van der Waals surface area contributed by atoms with E-state index in [1.807, 2.05) is 7.05 Å². The monoisotopic (exact) mass is 513 g/mol. The summed E-state index contributed by atoms with van der Waals surface area (Å²) in [5.41, 5.74) is 1.46. The molecular formula is C22H32IN3O3. The maximum atomic E-state index is 5.99. The Bertz CT molecular complexity index is 751. The van der Waals surface area contributed by atoms with Gasteiger partial charge in [0.2, 0.25) is 6.79 Å². The topological polar surface area (TPSA) is 64.1 Å². The van der Waals surface area contributed by atoms with E-state index < -0.39 is 0 Å². The number of hydrogen-bond acceptors (Lipinski definition) is 4. The van der Waals surface area contributed by atoms with Gasteiger partial charge in [-0.25, -0.2) is 0 Å². The Morgan fingerprint density at radius 2 is 1.97 bits per heavy atom. The maximum Gasteiger partial charge on any atom is 0.231 e. The first kappa shape index (κ1) is 21.0. The second-order valence-electron chi connectivity index (χ2n) is 8.70. The second-order valence-corrected chi connectivity index (χ2v) is 8.70. The van der Waals surface area contributed by atoms with Gasteiger partial charge in [0, 0.05) is 19.0 Å². The number of rotatable bonds is 4. The van der Waals surface area contributed by atoms with E-state index in [9.17, 15) is 0 Å². The summed E-state index contributed by atoms with van der Waals surface area (Å²) in [5, 5.41) is 7.26. The molecule has 0 radical (unpaired) electrons. The lowest BCUT2D eigenvalue weighted by atomic mass is 9.69. The first-order valence-electron chi connectivity index (χ1n) is 10.8. The van der Waals surface area contributed by atoms with Crippen molar-refractivity contribution in [3.63, 3.8) is 0 Å². The van der Waals surface area contributed by atoms with Crippen molar-refractivity contribution >= 4 is 29.9 Å². The number of aliphatic imine (C=N–C) groups is 1. The van der Waals surface area contributed by atoms with Gasteiger partial charge in [0.1, 0.15) is 0 Å². The average molecular weight is 513 g/mol. The van der Waals surface area contributed by atoms with Crippen LogP contribution in [0.2, 0.25) is 0 Å². The molecule has 3 heterocycles. The first-order valence-corrected chi connectivity index (χ1v) is 10.8. The highest BCUT2D eigenvalue weighted by atomic mass is 127. The van der Waals surface area contributed by atoms with Gasteiger partial charge in [-0.2, -0.15) is 0 Å². The molecule has 3 unspecified atom stereocenters. The van der Waals surface area contributed by atoms with Crippen LogP contribution in [0.15, 0.2) is 23.2 Å². The van der Waals surface area contributed by atoms with Crippen LogP contribution >= 0.6 is 24.0 Å². The molecule has 2 N–H and O–H groups in total. The van der Waals surface area contributed by atoms with Crippen LogP contribution in [0.4, 0.5) is 0 Å². The molecule has 1 aromatic carbocycles. The summed E-state index contributed by atoms with van der Waals surface area (Å²) in [6.07, 6.45) is 10.5. The van der Waals surface area contributed by atoms with Crippen molar-refractivity contribution in [2.24, 2.45) is 4.99 Å². The number of guanidine groups is 1. The van der Waals surface area contributed by atoms with E-state index in [0.29, 0.717) is 25.0 Å². The van der Waals surface area contributed by atoms with Crippen LogP contribution in [0.25, 0.3) is 0 Å². The summed E-state index contributed by atoms with van der Waals surface area (Å²) >= 11 is 0. The molecule has 7 heteroatoms. The molecule has 1 aromatic rings. The van der Waals surface area contributed by atoms with Crippen LogP contribution in [0.1, 0.15) is 56.9 Å². The zero-order valence-corrected chi connectivity index (χ0v) is 19.4. The molecule has 4 aliphatic rings. The van der Waals surface area contributed by atoms with Gasteiger partial charge < -0.3 is 24.8 Å². The Balaban J connectivity index is 0.00000205. The van der Waals surface area contributed by atoms with E-state index in [2.05, 4.69) is 33.8 Å². The number of halogens is 1. The largest absolute Gasteiger partial charge is 0.454 e. The van der Waals surface area contributed by atoms with Crippen LogP contribution in [0.5, 0.6) is 11.5 Å².